The Morgan fingerprint density at radius 3 is 2.57 bits per heavy atom. The second-order valence-electron chi connectivity index (χ2n) is 4.96. The fourth-order valence-corrected chi connectivity index (χ4v) is 3.62. The molecule has 2 heterocycles. The Morgan fingerprint density at radius 1 is 1.30 bits per heavy atom. The van der Waals surface area contributed by atoms with Crippen LogP contribution in [0.1, 0.15) is 24.1 Å². The van der Waals surface area contributed by atoms with Crippen LogP contribution in [0, 0.1) is 13.8 Å². The molecule has 2 rings (SSSR count). The molecule has 1 unspecified atom stereocenters. The largest absolute Gasteiger partial charge is 0.468 e. The lowest BCUT2D eigenvalue weighted by molar-refractivity contribution is -0.139. The number of aryl methyl sites for hydroxylation is 2. The number of ether oxygens (including phenoxy) is 1. The maximum absolute atomic E-state index is 11.5. The molecule has 0 saturated carbocycles. The Morgan fingerprint density at radius 2 is 1.96 bits per heavy atom. The predicted molar refractivity (Wildman–Crippen MR) is 89.4 cm³/mol. The normalized spacial score (nSPS) is 12.2. The van der Waals surface area contributed by atoms with E-state index in [0.717, 1.165) is 22.4 Å². The number of carbonyl (C=O) groups is 1. The molecule has 0 saturated heterocycles. The molecule has 0 radical (unpaired) electrons. The van der Waals surface area contributed by atoms with E-state index in [1.807, 2.05) is 31.5 Å². The molecule has 0 aliphatic heterocycles. The number of rotatable bonds is 6. The van der Waals surface area contributed by atoms with Gasteiger partial charge in [-0.3, -0.25) is 4.79 Å². The first kappa shape index (κ1) is 17.7. The fourth-order valence-electron chi connectivity index (χ4n) is 1.83. The highest BCUT2D eigenvalue weighted by Crippen LogP contribution is 2.25. The van der Waals surface area contributed by atoms with Gasteiger partial charge in [0, 0.05) is 18.4 Å². The van der Waals surface area contributed by atoms with E-state index in [-0.39, 0.29) is 11.2 Å². The lowest BCUT2D eigenvalue weighted by Gasteiger charge is -2.08. The molecule has 2 aromatic heterocycles. The number of hydrogen-bond acceptors (Lipinski definition) is 8. The van der Waals surface area contributed by atoms with E-state index in [9.17, 15) is 4.79 Å². The van der Waals surface area contributed by atoms with Crippen molar-refractivity contribution in [2.75, 3.05) is 7.11 Å². The summed E-state index contributed by atoms with van der Waals surface area (Å²) in [6.45, 7) is 5.68. The molecular weight excluding hydrogens is 334 g/mol. The molecule has 0 aromatic carbocycles. The van der Waals surface area contributed by atoms with E-state index in [0.29, 0.717) is 10.9 Å². The van der Waals surface area contributed by atoms with Crippen molar-refractivity contribution in [1.29, 1.82) is 0 Å². The van der Waals surface area contributed by atoms with Gasteiger partial charge in [-0.1, -0.05) is 23.5 Å². The standard InChI is InChI=1S/C14H19N5O2S2/c1-8-6-9(2)16-13(15-8)22-7-11-17-18-14(19(11)4)23-10(3)12(20)21-5/h6,10H,7H2,1-5H3. The molecule has 9 heteroatoms. The zero-order valence-corrected chi connectivity index (χ0v) is 15.4. The third kappa shape index (κ3) is 4.68. The van der Waals surface area contributed by atoms with Crippen molar-refractivity contribution in [3.8, 4) is 0 Å². The van der Waals surface area contributed by atoms with Gasteiger partial charge in [-0.25, -0.2) is 9.97 Å². The molecule has 0 N–H and O–H groups in total. The number of thioether (sulfide) groups is 2. The monoisotopic (exact) mass is 353 g/mol. The van der Waals surface area contributed by atoms with Gasteiger partial charge in [0.05, 0.1) is 12.9 Å². The summed E-state index contributed by atoms with van der Waals surface area (Å²) in [5.74, 6) is 1.13. The molecular formula is C14H19N5O2S2. The van der Waals surface area contributed by atoms with Gasteiger partial charge >= 0.3 is 5.97 Å². The highest BCUT2D eigenvalue weighted by molar-refractivity contribution is 8.00. The summed E-state index contributed by atoms with van der Waals surface area (Å²) in [6, 6.07) is 1.94. The molecule has 0 spiro atoms. The Labute approximate surface area is 143 Å². The van der Waals surface area contributed by atoms with Crippen LogP contribution in [0.15, 0.2) is 16.4 Å². The van der Waals surface area contributed by atoms with Gasteiger partial charge in [0.2, 0.25) is 0 Å². The van der Waals surface area contributed by atoms with Crippen molar-refractivity contribution in [2.45, 2.75) is 42.1 Å². The van der Waals surface area contributed by atoms with E-state index in [1.165, 1.54) is 30.6 Å². The van der Waals surface area contributed by atoms with Crippen LogP contribution in [0.5, 0.6) is 0 Å². The number of hydrogen-bond donors (Lipinski definition) is 0. The first-order chi connectivity index (χ1) is 10.9. The number of aromatic nitrogens is 5. The Hall–Kier alpha value is -1.61. The number of esters is 1. The van der Waals surface area contributed by atoms with E-state index in [1.54, 1.807) is 6.92 Å². The van der Waals surface area contributed by atoms with Gasteiger partial charge in [0.15, 0.2) is 10.3 Å². The zero-order valence-electron chi connectivity index (χ0n) is 13.7. The van der Waals surface area contributed by atoms with Crippen LogP contribution < -0.4 is 0 Å². The molecule has 0 fully saturated rings. The minimum Gasteiger partial charge on any atom is -0.468 e. The van der Waals surface area contributed by atoms with Gasteiger partial charge in [0.25, 0.3) is 0 Å². The zero-order chi connectivity index (χ0) is 17.0. The molecule has 0 bridgehead atoms. The van der Waals surface area contributed by atoms with E-state index >= 15 is 0 Å². The lowest BCUT2D eigenvalue weighted by Crippen LogP contribution is -2.15. The van der Waals surface area contributed by atoms with Crippen LogP contribution in [-0.4, -0.2) is 43.1 Å². The number of methoxy groups -OCH3 is 1. The van der Waals surface area contributed by atoms with Gasteiger partial charge < -0.3 is 9.30 Å². The van der Waals surface area contributed by atoms with Crippen molar-refractivity contribution < 1.29 is 9.53 Å². The predicted octanol–water partition coefficient (Wildman–Crippen LogP) is 2.17. The van der Waals surface area contributed by atoms with E-state index in [4.69, 9.17) is 4.74 Å². The third-order valence-electron chi connectivity index (χ3n) is 3.03. The summed E-state index contributed by atoms with van der Waals surface area (Å²) < 4.78 is 6.60. The highest BCUT2D eigenvalue weighted by atomic mass is 32.2. The molecule has 2 aromatic rings. The maximum atomic E-state index is 11.5. The first-order valence-electron chi connectivity index (χ1n) is 6.98. The summed E-state index contributed by atoms with van der Waals surface area (Å²) in [5, 5.41) is 9.39. The molecule has 0 amide bonds. The summed E-state index contributed by atoms with van der Waals surface area (Å²) in [5.41, 5.74) is 1.89. The van der Waals surface area contributed by atoms with Gasteiger partial charge in [0.1, 0.15) is 11.1 Å². The smallest absolute Gasteiger partial charge is 0.318 e. The minimum absolute atomic E-state index is 0.280. The molecule has 7 nitrogen and oxygen atoms in total. The van der Waals surface area contributed by atoms with Crippen molar-refractivity contribution in [3.63, 3.8) is 0 Å². The fraction of sp³-hybridized carbons (Fsp3) is 0.500. The number of carbonyl (C=O) groups excluding carboxylic acids is 1. The van der Waals surface area contributed by atoms with Gasteiger partial charge in [-0.15, -0.1) is 10.2 Å². The van der Waals surface area contributed by atoms with Crippen LogP contribution in [0.4, 0.5) is 0 Å². The Balaban J connectivity index is 2.03. The first-order valence-corrected chi connectivity index (χ1v) is 8.85. The molecule has 1 atom stereocenters. The van der Waals surface area contributed by atoms with Crippen molar-refractivity contribution >= 4 is 29.5 Å². The van der Waals surface area contributed by atoms with Crippen LogP contribution in [0.2, 0.25) is 0 Å². The quantitative estimate of drug-likeness (QED) is 0.444. The SMILES string of the molecule is COC(=O)C(C)Sc1nnc(CSc2nc(C)cc(C)n2)n1C. The lowest BCUT2D eigenvalue weighted by atomic mass is 10.4. The molecule has 0 aliphatic carbocycles. The van der Waals surface area contributed by atoms with Crippen LogP contribution in [-0.2, 0) is 22.3 Å². The Bertz CT molecular complexity index is 684. The van der Waals surface area contributed by atoms with Crippen molar-refractivity contribution in [1.82, 2.24) is 24.7 Å². The van der Waals surface area contributed by atoms with E-state index < -0.39 is 0 Å². The number of nitrogens with zero attached hydrogens (tertiary/aromatic N) is 5. The summed E-state index contributed by atoms with van der Waals surface area (Å²) in [4.78, 5) is 20.3. The van der Waals surface area contributed by atoms with Crippen LogP contribution in [0.25, 0.3) is 0 Å². The van der Waals surface area contributed by atoms with Gasteiger partial charge in [-0.05, 0) is 26.8 Å². The average molecular weight is 353 g/mol. The second kappa shape index (κ2) is 7.78. The Kier molecular flexibility index (Phi) is 6.00. The van der Waals surface area contributed by atoms with Crippen molar-refractivity contribution in [2.24, 2.45) is 7.05 Å². The topological polar surface area (TPSA) is 82.8 Å². The molecule has 124 valence electrons. The van der Waals surface area contributed by atoms with Crippen molar-refractivity contribution in [3.05, 3.63) is 23.3 Å². The third-order valence-corrected chi connectivity index (χ3v) is 4.99. The summed E-state index contributed by atoms with van der Waals surface area (Å²) in [6.07, 6.45) is 0. The summed E-state index contributed by atoms with van der Waals surface area (Å²) in [7, 11) is 3.26. The molecule has 23 heavy (non-hydrogen) atoms. The minimum atomic E-state index is -0.328. The van der Waals surface area contributed by atoms with Crippen LogP contribution in [0.3, 0.4) is 0 Å². The van der Waals surface area contributed by atoms with Gasteiger partial charge in [-0.2, -0.15) is 0 Å². The average Bonchev–Trinajstić information content (AvgIpc) is 2.84. The van der Waals surface area contributed by atoms with Crippen LogP contribution >= 0.6 is 23.5 Å². The molecule has 0 aliphatic rings. The maximum Gasteiger partial charge on any atom is 0.318 e. The summed E-state index contributed by atoms with van der Waals surface area (Å²) >= 11 is 2.84. The second-order valence-corrected chi connectivity index (χ2v) is 7.21. The highest BCUT2D eigenvalue weighted by Gasteiger charge is 2.19. The van der Waals surface area contributed by atoms with E-state index in [2.05, 4.69) is 20.2 Å².